The van der Waals surface area contributed by atoms with Gasteiger partial charge in [-0.2, -0.15) is 0 Å². The summed E-state index contributed by atoms with van der Waals surface area (Å²) in [4.78, 5) is 23.5. The van der Waals surface area contributed by atoms with Crippen LogP contribution >= 0.6 is 0 Å². The number of nitrogens with zero attached hydrogens (tertiary/aromatic N) is 1. The van der Waals surface area contributed by atoms with Gasteiger partial charge in [0.15, 0.2) is 6.54 Å². The van der Waals surface area contributed by atoms with Gasteiger partial charge >= 0.3 is 0 Å². The number of benzene rings is 2. The minimum Gasteiger partial charge on any atom is -0.324 e. The van der Waals surface area contributed by atoms with Crippen molar-refractivity contribution < 1.29 is 14.6 Å². The van der Waals surface area contributed by atoms with Crippen molar-refractivity contribution in [3.8, 4) is 0 Å². The van der Waals surface area contributed by atoms with Crippen molar-refractivity contribution in [2.75, 3.05) is 25.0 Å². The number of anilines is 1. The van der Waals surface area contributed by atoms with Crippen molar-refractivity contribution >= 4 is 22.9 Å². The first-order valence-corrected chi connectivity index (χ1v) is 8.24. The molecule has 0 bridgehead atoms. The summed E-state index contributed by atoms with van der Waals surface area (Å²) in [5.41, 5.74) is 3.17. The maximum absolute atomic E-state index is 12.2. The van der Waals surface area contributed by atoms with Gasteiger partial charge in [0.05, 0.1) is 18.0 Å². The van der Waals surface area contributed by atoms with Crippen molar-refractivity contribution in [3.63, 3.8) is 0 Å². The van der Waals surface area contributed by atoms with Gasteiger partial charge in [-0.1, -0.05) is 30.3 Å². The second-order valence-corrected chi connectivity index (χ2v) is 6.08. The molecule has 2 N–H and O–H groups in total. The number of nitro groups is 1. The van der Waals surface area contributed by atoms with E-state index in [-0.39, 0.29) is 11.6 Å². The van der Waals surface area contributed by atoms with E-state index in [1.54, 1.807) is 12.1 Å². The van der Waals surface area contributed by atoms with E-state index in [0.717, 1.165) is 19.5 Å². The molecule has 1 amide bonds. The number of hydrogen-bond acceptors (Lipinski definition) is 3. The van der Waals surface area contributed by atoms with E-state index < -0.39 is 4.92 Å². The lowest BCUT2D eigenvalue weighted by molar-refractivity contribution is -0.886. The van der Waals surface area contributed by atoms with Crippen LogP contribution in [0.2, 0.25) is 0 Å². The number of rotatable bonds is 5. The van der Waals surface area contributed by atoms with E-state index in [4.69, 9.17) is 0 Å². The average molecular weight is 338 g/mol. The van der Waals surface area contributed by atoms with E-state index in [1.165, 1.54) is 28.2 Å². The smallest absolute Gasteiger partial charge is 0.279 e. The standard InChI is InChI=1S/C19H19N3O3/c23-19(20-17-6-8-18(9-7-17)22(24)25)14-21-12-10-16(11-13-21)15-4-2-1-3-5-15/h1-10H,11-14H2,(H,20,23)/p+1. The largest absolute Gasteiger partial charge is 0.324 e. The molecule has 1 atom stereocenters. The minimum absolute atomic E-state index is 0.0123. The lowest BCUT2D eigenvalue weighted by Crippen LogP contribution is -3.13. The zero-order valence-electron chi connectivity index (χ0n) is 13.8. The molecule has 128 valence electrons. The molecule has 0 saturated carbocycles. The number of non-ortho nitro benzene ring substituents is 1. The molecule has 2 aromatic carbocycles. The van der Waals surface area contributed by atoms with Crippen LogP contribution < -0.4 is 10.2 Å². The summed E-state index contributed by atoms with van der Waals surface area (Å²) in [5.74, 6) is -0.0829. The maximum Gasteiger partial charge on any atom is 0.279 e. The van der Waals surface area contributed by atoms with Gasteiger partial charge in [-0.3, -0.25) is 14.9 Å². The maximum atomic E-state index is 12.2. The first-order valence-electron chi connectivity index (χ1n) is 8.24. The lowest BCUT2D eigenvalue weighted by atomic mass is 10.00. The topological polar surface area (TPSA) is 76.7 Å². The summed E-state index contributed by atoms with van der Waals surface area (Å²) in [6.45, 7) is 2.11. The van der Waals surface area contributed by atoms with Crippen molar-refractivity contribution in [2.45, 2.75) is 6.42 Å². The highest BCUT2D eigenvalue weighted by Crippen LogP contribution is 2.18. The summed E-state index contributed by atoms with van der Waals surface area (Å²) >= 11 is 0. The summed E-state index contributed by atoms with van der Waals surface area (Å²) in [6.07, 6.45) is 3.15. The Morgan fingerprint density at radius 1 is 1.12 bits per heavy atom. The van der Waals surface area contributed by atoms with E-state index in [0.29, 0.717) is 12.2 Å². The summed E-state index contributed by atoms with van der Waals surface area (Å²) in [5, 5.41) is 13.4. The van der Waals surface area contributed by atoms with Crippen LogP contribution in [0.15, 0.2) is 60.7 Å². The van der Waals surface area contributed by atoms with E-state index in [2.05, 4.69) is 23.5 Å². The van der Waals surface area contributed by atoms with Crippen LogP contribution in [0.4, 0.5) is 11.4 Å². The zero-order valence-corrected chi connectivity index (χ0v) is 13.8. The van der Waals surface area contributed by atoms with Gasteiger partial charge in [0, 0.05) is 24.2 Å². The fourth-order valence-electron chi connectivity index (χ4n) is 2.96. The normalized spacial score (nSPS) is 16.8. The van der Waals surface area contributed by atoms with Gasteiger partial charge in [0.1, 0.15) is 0 Å². The Balaban J connectivity index is 1.52. The van der Waals surface area contributed by atoms with Gasteiger partial charge in [-0.05, 0) is 29.3 Å². The van der Waals surface area contributed by atoms with Gasteiger partial charge in [-0.25, -0.2) is 0 Å². The SMILES string of the molecule is O=C(C[NH+]1CC=C(c2ccccc2)CC1)Nc1ccc([N+](=O)[O-])cc1. The van der Waals surface area contributed by atoms with Crippen LogP contribution in [0.3, 0.4) is 0 Å². The second-order valence-electron chi connectivity index (χ2n) is 6.08. The number of carbonyl (C=O) groups is 1. The molecule has 0 aromatic heterocycles. The Kier molecular flexibility index (Phi) is 5.20. The molecule has 2 aromatic rings. The lowest BCUT2D eigenvalue weighted by Gasteiger charge is -2.23. The summed E-state index contributed by atoms with van der Waals surface area (Å²) < 4.78 is 0. The number of carbonyl (C=O) groups excluding carboxylic acids is 1. The van der Waals surface area contributed by atoms with Gasteiger partial charge in [0.2, 0.25) is 0 Å². The molecule has 0 fully saturated rings. The summed E-state index contributed by atoms with van der Waals surface area (Å²) in [6, 6.07) is 16.2. The highest BCUT2D eigenvalue weighted by atomic mass is 16.6. The predicted octanol–water partition coefficient (Wildman–Crippen LogP) is 1.91. The molecule has 25 heavy (non-hydrogen) atoms. The van der Waals surface area contributed by atoms with Gasteiger partial charge in [0.25, 0.3) is 11.6 Å². The quantitative estimate of drug-likeness (QED) is 0.646. The molecular formula is C19H20N3O3+. The Morgan fingerprint density at radius 3 is 2.44 bits per heavy atom. The Bertz CT molecular complexity index is 785. The number of quaternary nitrogens is 1. The van der Waals surface area contributed by atoms with Crippen molar-refractivity contribution in [1.82, 2.24) is 0 Å². The van der Waals surface area contributed by atoms with Gasteiger partial charge < -0.3 is 10.2 Å². The Morgan fingerprint density at radius 2 is 1.84 bits per heavy atom. The van der Waals surface area contributed by atoms with Gasteiger partial charge in [-0.15, -0.1) is 0 Å². The molecule has 3 rings (SSSR count). The molecule has 6 heteroatoms. The predicted molar refractivity (Wildman–Crippen MR) is 96.3 cm³/mol. The van der Waals surface area contributed by atoms with E-state index >= 15 is 0 Å². The first-order chi connectivity index (χ1) is 12.1. The number of hydrogen-bond donors (Lipinski definition) is 2. The van der Waals surface area contributed by atoms with Crippen LogP contribution in [-0.2, 0) is 4.79 Å². The molecular weight excluding hydrogens is 318 g/mol. The van der Waals surface area contributed by atoms with Crippen LogP contribution in [0, 0.1) is 10.1 Å². The molecule has 0 aliphatic carbocycles. The third-order valence-electron chi connectivity index (χ3n) is 4.30. The monoisotopic (exact) mass is 338 g/mol. The van der Waals surface area contributed by atoms with Crippen LogP contribution in [-0.4, -0.2) is 30.5 Å². The fourth-order valence-corrected chi connectivity index (χ4v) is 2.96. The Labute approximate surface area is 145 Å². The van der Waals surface area contributed by atoms with E-state index in [9.17, 15) is 14.9 Å². The highest BCUT2D eigenvalue weighted by Gasteiger charge is 2.19. The Hall–Kier alpha value is -2.99. The highest BCUT2D eigenvalue weighted by molar-refractivity contribution is 5.91. The zero-order chi connectivity index (χ0) is 17.6. The fraction of sp³-hybridized carbons (Fsp3) is 0.211. The number of amides is 1. The minimum atomic E-state index is -0.458. The number of nitrogens with one attached hydrogen (secondary N) is 2. The van der Waals surface area contributed by atoms with Crippen LogP contribution in [0.5, 0.6) is 0 Å². The molecule has 1 aliphatic rings. The average Bonchev–Trinajstić information content (AvgIpc) is 2.63. The van der Waals surface area contributed by atoms with Crippen molar-refractivity contribution in [3.05, 3.63) is 76.4 Å². The number of nitro benzene ring substituents is 1. The first kappa shape index (κ1) is 16.9. The molecule has 1 aliphatic heterocycles. The van der Waals surface area contributed by atoms with Crippen molar-refractivity contribution in [2.24, 2.45) is 0 Å². The molecule has 0 radical (unpaired) electrons. The third-order valence-corrected chi connectivity index (χ3v) is 4.30. The molecule has 1 heterocycles. The second kappa shape index (κ2) is 7.72. The molecule has 0 saturated heterocycles. The van der Waals surface area contributed by atoms with Crippen LogP contribution in [0.1, 0.15) is 12.0 Å². The summed E-state index contributed by atoms with van der Waals surface area (Å²) in [7, 11) is 0. The third kappa shape index (κ3) is 4.51. The van der Waals surface area contributed by atoms with Crippen molar-refractivity contribution in [1.29, 1.82) is 0 Å². The molecule has 6 nitrogen and oxygen atoms in total. The van der Waals surface area contributed by atoms with E-state index in [1.807, 2.05) is 18.2 Å². The van der Waals surface area contributed by atoms with Crippen LogP contribution in [0.25, 0.3) is 5.57 Å². The molecule has 1 unspecified atom stereocenters. The molecule has 0 spiro atoms.